The normalized spacial score (nSPS) is 20.8. The average Bonchev–Trinajstić information content (AvgIpc) is 3.25. The predicted molar refractivity (Wildman–Crippen MR) is 172 cm³/mol. The van der Waals surface area contributed by atoms with E-state index in [1.54, 1.807) is 0 Å². The first kappa shape index (κ1) is 38.9. The summed E-state index contributed by atoms with van der Waals surface area (Å²) >= 11 is 0. The van der Waals surface area contributed by atoms with Crippen LogP contribution in [0.4, 0.5) is 0 Å². The fourth-order valence-electron chi connectivity index (χ4n) is 6.00. The summed E-state index contributed by atoms with van der Waals surface area (Å²) in [6, 6.07) is 0. The Morgan fingerprint density at radius 1 is 0.837 bits per heavy atom. The van der Waals surface area contributed by atoms with Crippen LogP contribution in [0, 0.1) is 11.8 Å². The van der Waals surface area contributed by atoms with Crippen LogP contribution >= 0.6 is 0 Å². The van der Waals surface area contributed by atoms with Gasteiger partial charge in [0.2, 0.25) is 0 Å². The summed E-state index contributed by atoms with van der Waals surface area (Å²) in [6.45, 7) is 13.5. The molecule has 0 amide bonds. The number of esters is 3. The van der Waals surface area contributed by atoms with Crippen LogP contribution in [0.15, 0.2) is 24.3 Å². The van der Waals surface area contributed by atoms with Gasteiger partial charge in [0.25, 0.3) is 0 Å². The minimum atomic E-state index is -0.398. The van der Waals surface area contributed by atoms with Gasteiger partial charge in [-0.25, -0.2) is 4.79 Å². The van der Waals surface area contributed by atoms with E-state index < -0.39 is 12.2 Å². The SMILES string of the molecule is C=C(CCCCCCCC)C(=O)O[C@H]1C[C@@H](OC(C)=O)[C@H](CC[C@@H](O)CCCCC)[C@H]1C/C=C\CCCC(=O)OC(C)C. The van der Waals surface area contributed by atoms with Gasteiger partial charge in [-0.1, -0.05) is 83.9 Å². The molecule has 1 fully saturated rings. The maximum Gasteiger partial charge on any atom is 0.333 e. The van der Waals surface area contributed by atoms with E-state index in [2.05, 4.69) is 32.6 Å². The summed E-state index contributed by atoms with van der Waals surface area (Å²) in [4.78, 5) is 36.9. The Morgan fingerprint density at radius 2 is 1.49 bits per heavy atom. The molecule has 7 nitrogen and oxygen atoms in total. The highest BCUT2D eigenvalue weighted by Gasteiger charge is 2.46. The number of hydrogen-bond acceptors (Lipinski definition) is 7. The van der Waals surface area contributed by atoms with Crippen molar-refractivity contribution < 1.29 is 33.7 Å². The Kier molecular flexibility index (Phi) is 21.0. The van der Waals surface area contributed by atoms with Crippen LogP contribution in [0.25, 0.3) is 0 Å². The second kappa shape index (κ2) is 23.3. The molecule has 0 aromatic heterocycles. The van der Waals surface area contributed by atoms with Gasteiger partial charge in [0, 0.05) is 37.2 Å². The number of aliphatic hydroxyl groups is 1. The number of hydrogen-bond donors (Lipinski definition) is 1. The van der Waals surface area contributed by atoms with E-state index in [1.165, 1.54) is 32.6 Å². The summed E-state index contributed by atoms with van der Waals surface area (Å²) in [5, 5.41) is 10.6. The zero-order chi connectivity index (χ0) is 32.0. The molecule has 0 spiro atoms. The second-order valence-corrected chi connectivity index (χ2v) is 12.6. The van der Waals surface area contributed by atoms with Crippen molar-refractivity contribution in [2.45, 2.75) is 175 Å². The maximum absolute atomic E-state index is 13.1. The van der Waals surface area contributed by atoms with E-state index in [4.69, 9.17) is 14.2 Å². The average molecular weight is 607 g/mol. The Labute approximate surface area is 262 Å². The molecule has 1 aliphatic carbocycles. The van der Waals surface area contributed by atoms with Crippen molar-refractivity contribution in [1.82, 2.24) is 0 Å². The molecule has 1 rings (SSSR count). The van der Waals surface area contributed by atoms with Crippen molar-refractivity contribution >= 4 is 17.9 Å². The molecule has 1 N–H and O–H groups in total. The second-order valence-electron chi connectivity index (χ2n) is 12.6. The molecule has 43 heavy (non-hydrogen) atoms. The van der Waals surface area contributed by atoms with Crippen LogP contribution in [0.2, 0.25) is 0 Å². The Balaban J connectivity index is 2.89. The smallest absolute Gasteiger partial charge is 0.333 e. The molecule has 7 heteroatoms. The number of carbonyl (C=O) groups is 3. The van der Waals surface area contributed by atoms with E-state index in [9.17, 15) is 19.5 Å². The number of aliphatic hydroxyl groups excluding tert-OH is 1. The van der Waals surface area contributed by atoms with Crippen LogP contribution in [-0.4, -0.2) is 47.4 Å². The zero-order valence-corrected chi connectivity index (χ0v) is 28.0. The minimum Gasteiger partial charge on any atom is -0.463 e. The van der Waals surface area contributed by atoms with E-state index in [0.29, 0.717) is 50.5 Å². The lowest BCUT2D eigenvalue weighted by molar-refractivity contribution is -0.149. The van der Waals surface area contributed by atoms with Crippen LogP contribution in [0.3, 0.4) is 0 Å². The van der Waals surface area contributed by atoms with Gasteiger partial charge in [-0.2, -0.15) is 0 Å². The Morgan fingerprint density at radius 3 is 2.16 bits per heavy atom. The molecule has 0 radical (unpaired) electrons. The van der Waals surface area contributed by atoms with E-state index in [0.717, 1.165) is 44.9 Å². The summed E-state index contributed by atoms with van der Waals surface area (Å²) in [7, 11) is 0. The molecule has 0 aromatic rings. The molecule has 0 bridgehead atoms. The lowest BCUT2D eigenvalue weighted by Crippen LogP contribution is -2.28. The topological polar surface area (TPSA) is 99.1 Å². The lowest BCUT2D eigenvalue weighted by atomic mass is 9.85. The summed E-state index contributed by atoms with van der Waals surface area (Å²) in [5.41, 5.74) is 0.497. The van der Waals surface area contributed by atoms with E-state index in [1.807, 2.05) is 13.8 Å². The number of ether oxygens (including phenoxy) is 3. The number of rotatable bonds is 24. The Bertz CT molecular complexity index is 833. The van der Waals surface area contributed by atoms with Crippen molar-refractivity contribution in [3.63, 3.8) is 0 Å². The third-order valence-corrected chi connectivity index (χ3v) is 8.33. The summed E-state index contributed by atoms with van der Waals surface area (Å²) < 4.78 is 17.0. The molecule has 5 atom stereocenters. The largest absolute Gasteiger partial charge is 0.463 e. The molecule has 0 aliphatic heterocycles. The highest BCUT2D eigenvalue weighted by molar-refractivity contribution is 5.87. The standard InChI is InChI=1S/C36H62O7/c1-7-9-11-12-13-17-20-28(5)36(40)43-34-26-33(42-29(6)37)32(25-24-30(38)21-16-10-8-2)31(34)22-18-14-15-19-23-35(39)41-27(3)4/h14,18,27,30-34,38H,5,7-13,15-17,19-26H2,1-4,6H3/b18-14-/t30-,31+,32+,33+,34-/m0/s1. The zero-order valence-electron chi connectivity index (χ0n) is 28.0. The molecule has 248 valence electrons. The van der Waals surface area contributed by atoms with Crippen molar-refractivity contribution in [3.05, 3.63) is 24.3 Å². The van der Waals surface area contributed by atoms with Crippen LogP contribution < -0.4 is 0 Å². The van der Waals surface area contributed by atoms with Crippen LogP contribution in [-0.2, 0) is 28.6 Å². The van der Waals surface area contributed by atoms with Gasteiger partial charge >= 0.3 is 17.9 Å². The quantitative estimate of drug-likeness (QED) is 0.0386. The minimum absolute atomic E-state index is 0.0278. The van der Waals surface area contributed by atoms with Gasteiger partial charge in [-0.3, -0.25) is 9.59 Å². The fraction of sp³-hybridized carbons (Fsp3) is 0.806. The summed E-state index contributed by atoms with van der Waals surface area (Å²) in [6.07, 6.45) is 18.5. The molecule has 0 heterocycles. The number of carbonyl (C=O) groups excluding carboxylic acids is 3. The van der Waals surface area contributed by atoms with Crippen molar-refractivity contribution in [1.29, 1.82) is 0 Å². The molecular weight excluding hydrogens is 544 g/mol. The van der Waals surface area contributed by atoms with E-state index >= 15 is 0 Å². The Hall–Kier alpha value is -2.15. The van der Waals surface area contributed by atoms with Crippen LogP contribution in [0.5, 0.6) is 0 Å². The monoisotopic (exact) mass is 606 g/mol. The van der Waals surface area contributed by atoms with E-state index in [-0.39, 0.29) is 42.0 Å². The number of unbranched alkanes of at least 4 members (excludes halogenated alkanes) is 8. The van der Waals surface area contributed by atoms with Crippen molar-refractivity contribution in [2.24, 2.45) is 11.8 Å². The predicted octanol–water partition coefficient (Wildman–Crippen LogP) is 8.56. The number of allylic oxidation sites excluding steroid dienone is 2. The molecule has 1 aliphatic rings. The lowest BCUT2D eigenvalue weighted by Gasteiger charge is -2.26. The highest BCUT2D eigenvalue weighted by atomic mass is 16.6. The van der Waals surface area contributed by atoms with Crippen molar-refractivity contribution in [2.75, 3.05) is 0 Å². The first-order chi connectivity index (χ1) is 20.6. The van der Waals surface area contributed by atoms with Gasteiger partial charge < -0.3 is 19.3 Å². The highest BCUT2D eigenvalue weighted by Crippen LogP contribution is 2.42. The van der Waals surface area contributed by atoms with Gasteiger partial charge in [0.05, 0.1) is 12.2 Å². The van der Waals surface area contributed by atoms with Gasteiger partial charge in [-0.05, 0) is 65.2 Å². The van der Waals surface area contributed by atoms with Gasteiger partial charge in [0.1, 0.15) is 12.2 Å². The molecular formula is C36H62O7. The maximum atomic E-state index is 13.1. The molecule has 1 saturated carbocycles. The third kappa shape index (κ3) is 17.7. The van der Waals surface area contributed by atoms with Crippen molar-refractivity contribution in [3.8, 4) is 0 Å². The van der Waals surface area contributed by atoms with Crippen LogP contribution in [0.1, 0.15) is 150 Å². The molecule has 0 saturated heterocycles. The van der Waals surface area contributed by atoms with Gasteiger partial charge in [0.15, 0.2) is 0 Å². The third-order valence-electron chi connectivity index (χ3n) is 8.33. The summed E-state index contributed by atoms with van der Waals surface area (Å²) in [5.74, 6) is -0.965. The fourth-order valence-corrected chi connectivity index (χ4v) is 6.00. The first-order valence-corrected chi connectivity index (χ1v) is 17.2. The molecule has 0 aromatic carbocycles. The molecule has 0 unspecified atom stereocenters. The first-order valence-electron chi connectivity index (χ1n) is 17.2. The van der Waals surface area contributed by atoms with Gasteiger partial charge in [-0.15, -0.1) is 0 Å².